The van der Waals surface area contributed by atoms with Crippen molar-refractivity contribution >= 4 is 27.4 Å². The van der Waals surface area contributed by atoms with E-state index in [4.69, 9.17) is 11.6 Å². The van der Waals surface area contributed by atoms with Crippen LogP contribution in [-0.4, -0.2) is 37.8 Å². The Balaban J connectivity index is 3.10. The van der Waals surface area contributed by atoms with Crippen molar-refractivity contribution < 1.29 is 8.42 Å². The first-order chi connectivity index (χ1) is 8.84. The summed E-state index contributed by atoms with van der Waals surface area (Å²) in [6, 6.07) is 1.36. The van der Waals surface area contributed by atoms with Gasteiger partial charge in [0.15, 0.2) is 0 Å². The Morgan fingerprint density at radius 1 is 1.53 bits per heavy atom. The van der Waals surface area contributed by atoms with E-state index in [0.29, 0.717) is 10.8 Å². The molecule has 1 unspecified atom stereocenters. The summed E-state index contributed by atoms with van der Waals surface area (Å²) >= 11 is 5.97. The molecule has 1 heterocycles. The molecule has 108 valence electrons. The van der Waals surface area contributed by atoms with Gasteiger partial charge in [0.2, 0.25) is 10.0 Å². The molecule has 0 saturated carbocycles. The van der Waals surface area contributed by atoms with Crippen LogP contribution in [0.2, 0.25) is 5.02 Å². The van der Waals surface area contributed by atoms with Crippen molar-refractivity contribution in [2.45, 2.75) is 37.6 Å². The summed E-state index contributed by atoms with van der Waals surface area (Å²) in [5.41, 5.74) is 0. The third-order valence-corrected chi connectivity index (χ3v) is 5.28. The Bertz CT molecular complexity index is 534. The third-order valence-electron chi connectivity index (χ3n) is 3.06. The molecular formula is C12H20ClN3O2S. The van der Waals surface area contributed by atoms with Gasteiger partial charge >= 0.3 is 0 Å². The summed E-state index contributed by atoms with van der Waals surface area (Å²) in [5.74, 6) is 0.463. The van der Waals surface area contributed by atoms with Gasteiger partial charge in [-0.1, -0.05) is 24.9 Å². The molecule has 7 heteroatoms. The molecule has 0 aliphatic heterocycles. The lowest BCUT2D eigenvalue weighted by molar-refractivity contribution is 0.368. The van der Waals surface area contributed by atoms with Gasteiger partial charge < -0.3 is 5.32 Å². The summed E-state index contributed by atoms with van der Waals surface area (Å²) in [7, 11) is -0.292. The molecule has 1 atom stereocenters. The molecule has 0 aliphatic rings. The average molecular weight is 306 g/mol. The van der Waals surface area contributed by atoms with Gasteiger partial charge in [-0.25, -0.2) is 13.4 Å². The van der Waals surface area contributed by atoms with Crippen LogP contribution in [0.3, 0.4) is 0 Å². The highest BCUT2D eigenvalue weighted by Crippen LogP contribution is 2.24. The lowest BCUT2D eigenvalue weighted by Crippen LogP contribution is -2.35. The first-order valence-electron chi connectivity index (χ1n) is 6.15. The first-order valence-corrected chi connectivity index (χ1v) is 7.97. The largest absolute Gasteiger partial charge is 0.372 e. The number of nitrogens with one attached hydrogen (secondary N) is 1. The molecule has 1 rings (SSSR count). The van der Waals surface area contributed by atoms with Crippen molar-refractivity contribution in [2.75, 3.05) is 19.4 Å². The van der Waals surface area contributed by atoms with Gasteiger partial charge in [-0.05, 0) is 19.4 Å². The average Bonchev–Trinajstić information content (AvgIpc) is 2.37. The van der Waals surface area contributed by atoms with E-state index in [1.165, 1.54) is 16.6 Å². The van der Waals surface area contributed by atoms with Crippen molar-refractivity contribution in [1.29, 1.82) is 0 Å². The van der Waals surface area contributed by atoms with Crippen LogP contribution in [0, 0.1) is 0 Å². The second-order valence-electron chi connectivity index (χ2n) is 4.41. The number of aromatic nitrogens is 1. The number of pyridine rings is 1. The molecule has 0 spiro atoms. The molecule has 19 heavy (non-hydrogen) atoms. The van der Waals surface area contributed by atoms with Crippen molar-refractivity contribution in [2.24, 2.45) is 0 Å². The zero-order chi connectivity index (χ0) is 14.6. The monoisotopic (exact) mass is 305 g/mol. The van der Waals surface area contributed by atoms with Crippen LogP contribution in [0.25, 0.3) is 0 Å². The topological polar surface area (TPSA) is 62.3 Å². The second kappa shape index (κ2) is 6.54. The Kier molecular flexibility index (Phi) is 5.58. The predicted octanol–water partition coefficient (Wildman–Crippen LogP) is 2.59. The minimum atomic E-state index is -3.55. The van der Waals surface area contributed by atoms with Crippen LogP contribution in [-0.2, 0) is 10.0 Å². The molecule has 1 N–H and O–H groups in total. The highest BCUT2D eigenvalue weighted by Gasteiger charge is 2.25. The van der Waals surface area contributed by atoms with Gasteiger partial charge in [-0.3, -0.25) is 0 Å². The smallest absolute Gasteiger partial charge is 0.244 e. The number of anilines is 1. The number of sulfonamides is 1. The van der Waals surface area contributed by atoms with Crippen molar-refractivity contribution in [3.8, 4) is 0 Å². The van der Waals surface area contributed by atoms with E-state index < -0.39 is 10.0 Å². The van der Waals surface area contributed by atoms with Gasteiger partial charge in [0, 0.05) is 26.3 Å². The Morgan fingerprint density at radius 2 is 2.16 bits per heavy atom. The fourth-order valence-corrected chi connectivity index (χ4v) is 3.44. The van der Waals surface area contributed by atoms with E-state index in [0.717, 1.165) is 12.8 Å². The molecule has 0 saturated heterocycles. The summed E-state index contributed by atoms with van der Waals surface area (Å²) in [4.78, 5) is 4.11. The van der Waals surface area contributed by atoms with Gasteiger partial charge in [0.1, 0.15) is 10.7 Å². The standard InChI is InChI=1S/C12H20ClN3O2S/c1-5-6-9(2)16(4)19(17,18)10-7-11(13)12(14-3)15-8-10/h7-9H,5-6H2,1-4H3,(H,14,15). The van der Waals surface area contributed by atoms with E-state index in [9.17, 15) is 8.42 Å². The third kappa shape index (κ3) is 3.58. The summed E-state index contributed by atoms with van der Waals surface area (Å²) in [5, 5.41) is 3.09. The fourth-order valence-electron chi connectivity index (χ4n) is 1.75. The molecule has 5 nitrogen and oxygen atoms in total. The van der Waals surface area contributed by atoms with Crippen LogP contribution < -0.4 is 5.32 Å². The van der Waals surface area contributed by atoms with Gasteiger partial charge in [0.25, 0.3) is 0 Å². The number of hydrogen-bond acceptors (Lipinski definition) is 4. The molecule has 0 bridgehead atoms. The van der Waals surface area contributed by atoms with Gasteiger partial charge in [0.05, 0.1) is 5.02 Å². The summed E-state index contributed by atoms with van der Waals surface area (Å²) in [6.07, 6.45) is 3.06. The van der Waals surface area contributed by atoms with Gasteiger partial charge in [-0.2, -0.15) is 4.31 Å². The number of halogens is 1. The van der Waals surface area contributed by atoms with Crippen molar-refractivity contribution in [3.05, 3.63) is 17.3 Å². The predicted molar refractivity (Wildman–Crippen MR) is 78.1 cm³/mol. The number of nitrogens with zero attached hydrogens (tertiary/aromatic N) is 2. The highest BCUT2D eigenvalue weighted by atomic mass is 35.5. The Morgan fingerprint density at radius 3 is 2.63 bits per heavy atom. The molecule has 1 aromatic rings. The highest BCUT2D eigenvalue weighted by molar-refractivity contribution is 7.89. The van der Waals surface area contributed by atoms with E-state index >= 15 is 0 Å². The van der Waals surface area contributed by atoms with E-state index in [2.05, 4.69) is 10.3 Å². The lowest BCUT2D eigenvalue weighted by atomic mass is 10.2. The van der Waals surface area contributed by atoms with Crippen LogP contribution >= 0.6 is 11.6 Å². The Hall–Kier alpha value is -0.850. The summed E-state index contributed by atoms with van der Waals surface area (Å²) in [6.45, 7) is 3.91. The van der Waals surface area contributed by atoms with Crippen LogP contribution in [0.15, 0.2) is 17.2 Å². The van der Waals surface area contributed by atoms with Gasteiger partial charge in [-0.15, -0.1) is 0 Å². The Labute approximate surface area is 120 Å². The molecule has 0 radical (unpaired) electrons. The van der Waals surface area contributed by atoms with E-state index in [-0.39, 0.29) is 10.9 Å². The zero-order valence-corrected chi connectivity index (χ0v) is 13.2. The number of rotatable bonds is 6. The fraction of sp³-hybridized carbons (Fsp3) is 0.583. The SMILES string of the molecule is CCCC(C)N(C)S(=O)(=O)c1cnc(NC)c(Cl)c1. The van der Waals surface area contributed by atoms with E-state index in [1.807, 2.05) is 13.8 Å². The number of hydrogen-bond donors (Lipinski definition) is 1. The molecule has 0 aromatic carbocycles. The minimum absolute atomic E-state index is 0.0576. The quantitative estimate of drug-likeness (QED) is 0.877. The van der Waals surface area contributed by atoms with Crippen molar-refractivity contribution in [3.63, 3.8) is 0 Å². The normalized spacial score (nSPS) is 13.6. The molecule has 0 amide bonds. The molecule has 0 fully saturated rings. The van der Waals surface area contributed by atoms with Crippen LogP contribution in [0.5, 0.6) is 0 Å². The maximum Gasteiger partial charge on any atom is 0.244 e. The van der Waals surface area contributed by atoms with Crippen molar-refractivity contribution in [1.82, 2.24) is 9.29 Å². The zero-order valence-electron chi connectivity index (χ0n) is 11.6. The van der Waals surface area contributed by atoms with Crippen LogP contribution in [0.4, 0.5) is 5.82 Å². The summed E-state index contributed by atoms with van der Waals surface area (Å²) < 4.78 is 26.2. The molecule has 0 aliphatic carbocycles. The minimum Gasteiger partial charge on any atom is -0.372 e. The van der Waals surface area contributed by atoms with E-state index in [1.54, 1.807) is 14.1 Å². The maximum absolute atomic E-state index is 12.4. The molecular weight excluding hydrogens is 286 g/mol. The second-order valence-corrected chi connectivity index (χ2v) is 6.82. The van der Waals surface area contributed by atoms with Crippen LogP contribution in [0.1, 0.15) is 26.7 Å². The lowest BCUT2D eigenvalue weighted by Gasteiger charge is -2.24. The molecule has 1 aromatic heterocycles. The first kappa shape index (κ1) is 16.2. The maximum atomic E-state index is 12.4.